The second kappa shape index (κ2) is 7.75. The summed E-state index contributed by atoms with van der Waals surface area (Å²) < 4.78 is 33.3. The smallest absolute Gasteiger partial charge is 0.337 e. The second-order valence-corrected chi connectivity index (χ2v) is 8.39. The summed E-state index contributed by atoms with van der Waals surface area (Å²) in [5.41, 5.74) is 2.41. The van der Waals surface area contributed by atoms with Crippen molar-refractivity contribution in [3.05, 3.63) is 58.9 Å². The van der Waals surface area contributed by atoms with Gasteiger partial charge < -0.3 is 10.1 Å². The number of sulfonamides is 1. The highest BCUT2D eigenvalue weighted by Gasteiger charge is 2.36. The lowest BCUT2D eigenvalue weighted by atomic mass is 10.1. The number of hydrogen-bond acceptors (Lipinski definition) is 6. The Morgan fingerprint density at radius 2 is 2.11 bits per heavy atom. The molecule has 1 aromatic heterocycles. The van der Waals surface area contributed by atoms with Gasteiger partial charge >= 0.3 is 5.97 Å². The van der Waals surface area contributed by atoms with E-state index in [0.29, 0.717) is 25.2 Å². The Balaban J connectivity index is 2.09. The van der Waals surface area contributed by atoms with Crippen molar-refractivity contribution in [1.29, 1.82) is 0 Å². The summed E-state index contributed by atoms with van der Waals surface area (Å²) >= 11 is 0. The van der Waals surface area contributed by atoms with Crippen molar-refractivity contribution in [1.82, 2.24) is 14.6 Å². The van der Waals surface area contributed by atoms with Crippen LogP contribution in [0.1, 0.15) is 33.1 Å². The number of pyridine rings is 1. The van der Waals surface area contributed by atoms with Crippen LogP contribution in [0.25, 0.3) is 0 Å². The number of hydrogen-bond donors (Lipinski definition) is 1. The number of methoxy groups -OCH3 is 1. The van der Waals surface area contributed by atoms with Crippen LogP contribution in [0.2, 0.25) is 0 Å². The molecule has 1 aromatic carbocycles. The Morgan fingerprint density at radius 1 is 1.33 bits per heavy atom. The standard InChI is InChI=1S/C19H23N3O4S/c1-13-9-16(19(23)26-3)10-18(14(13)2)27(24,25)22-8-7-21-12-17(22)15-5-4-6-20-11-15/h4-6,9-11,17,21H,7-8,12H2,1-3H3. The summed E-state index contributed by atoms with van der Waals surface area (Å²) in [4.78, 5) is 16.2. The first-order valence-electron chi connectivity index (χ1n) is 8.68. The molecule has 8 heteroatoms. The average molecular weight is 389 g/mol. The van der Waals surface area contributed by atoms with Gasteiger partial charge in [-0.25, -0.2) is 13.2 Å². The normalized spacial score (nSPS) is 18.3. The lowest BCUT2D eigenvalue weighted by molar-refractivity contribution is 0.0600. The highest BCUT2D eigenvalue weighted by Crippen LogP contribution is 2.31. The van der Waals surface area contributed by atoms with E-state index in [9.17, 15) is 13.2 Å². The monoisotopic (exact) mass is 389 g/mol. The van der Waals surface area contributed by atoms with Gasteiger partial charge in [-0.15, -0.1) is 0 Å². The highest BCUT2D eigenvalue weighted by molar-refractivity contribution is 7.89. The molecule has 1 fully saturated rings. The van der Waals surface area contributed by atoms with E-state index in [-0.39, 0.29) is 16.5 Å². The fraction of sp³-hybridized carbons (Fsp3) is 0.368. The molecule has 144 valence electrons. The lowest BCUT2D eigenvalue weighted by Crippen LogP contribution is -2.48. The topological polar surface area (TPSA) is 88.6 Å². The maximum Gasteiger partial charge on any atom is 0.337 e. The van der Waals surface area contributed by atoms with Gasteiger partial charge in [0, 0.05) is 32.0 Å². The molecule has 1 aliphatic rings. The van der Waals surface area contributed by atoms with E-state index in [4.69, 9.17) is 4.74 Å². The third-order valence-electron chi connectivity index (χ3n) is 4.89. The van der Waals surface area contributed by atoms with Gasteiger partial charge in [-0.2, -0.15) is 4.31 Å². The van der Waals surface area contributed by atoms with Gasteiger partial charge in [0.2, 0.25) is 10.0 Å². The fourth-order valence-corrected chi connectivity index (χ4v) is 5.23. The second-order valence-electron chi connectivity index (χ2n) is 6.53. The zero-order chi connectivity index (χ0) is 19.6. The van der Waals surface area contributed by atoms with Crippen molar-refractivity contribution < 1.29 is 17.9 Å². The van der Waals surface area contributed by atoms with Crippen LogP contribution in [0.4, 0.5) is 0 Å². The van der Waals surface area contributed by atoms with Gasteiger partial charge in [0.15, 0.2) is 0 Å². The molecule has 1 aliphatic heterocycles. The molecule has 0 bridgehead atoms. The van der Waals surface area contributed by atoms with E-state index in [1.807, 2.05) is 6.07 Å². The summed E-state index contributed by atoms with van der Waals surface area (Å²) in [6, 6.07) is 6.36. The number of ether oxygens (including phenoxy) is 1. The van der Waals surface area contributed by atoms with Crippen molar-refractivity contribution in [3.8, 4) is 0 Å². The first-order valence-corrected chi connectivity index (χ1v) is 10.1. The largest absolute Gasteiger partial charge is 0.465 e. The summed E-state index contributed by atoms with van der Waals surface area (Å²) in [7, 11) is -2.54. The minimum absolute atomic E-state index is 0.138. The van der Waals surface area contributed by atoms with Crippen LogP contribution in [0, 0.1) is 13.8 Å². The predicted molar refractivity (Wildman–Crippen MR) is 101 cm³/mol. The van der Waals surface area contributed by atoms with Crippen molar-refractivity contribution in [2.75, 3.05) is 26.7 Å². The number of aryl methyl sites for hydroxylation is 1. The maximum absolute atomic E-state index is 13.5. The molecule has 1 unspecified atom stereocenters. The number of nitrogens with zero attached hydrogens (tertiary/aromatic N) is 2. The van der Waals surface area contributed by atoms with E-state index in [1.165, 1.54) is 17.5 Å². The number of benzene rings is 1. The maximum atomic E-state index is 13.5. The number of aromatic nitrogens is 1. The van der Waals surface area contributed by atoms with Gasteiger partial charge in [-0.3, -0.25) is 4.98 Å². The van der Waals surface area contributed by atoms with Gasteiger partial charge in [0.25, 0.3) is 0 Å². The van der Waals surface area contributed by atoms with E-state index in [1.54, 1.807) is 38.4 Å². The molecule has 0 aliphatic carbocycles. The van der Waals surface area contributed by atoms with Crippen LogP contribution in [-0.2, 0) is 14.8 Å². The number of nitrogens with one attached hydrogen (secondary N) is 1. The molecule has 0 saturated carbocycles. The van der Waals surface area contributed by atoms with Gasteiger partial charge in [0.1, 0.15) is 0 Å². The number of rotatable bonds is 4. The van der Waals surface area contributed by atoms with Gasteiger partial charge in [0.05, 0.1) is 23.6 Å². The first-order chi connectivity index (χ1) is 12.9. The lowest BCUT2D eigenvalue weighted by Gasteiger charge is -2.35. The summed E-state index contributed by atoms with van der Waals surface area (Å²) in [6.07, 6.45) is 3.34. The molecule has 0 amide bonds. The minimum Gasteiger partial charge on any atom is -0.465 e. The Hall–Kier alpha value is -2.29. The molecule has 0 spiro atoms. The average Bonchev–Trinajstić information content (AvgIpc) is 2.69. The van der Waals surface area contributed by atoms with Crippen LogP contribution in [0.5, 0.6) is 0 Å². The zero-order valence-electron chi connectivity index (χ0n) is 15.6. The molecule has 0 radical (unpaired) electrons. The molecule has 1 N–H and O–H groups in total. The third kappa shape index (κ3) is 3.73. The third-order valence-corrected chi connectivity index (χ3v) is 6.93. The summed E-state index contributed by atoms with van der Waals surface area (Å²) in [6.45, 7) is 4.94. The van der Waals surface area contributed by atoms with Crippen LogP contribution in [-0.4, -0.2) is 50.4 Å². The molecule has 1 saturated heterocycles. The van der Waals surface area contributed by atoms with Gasteiger partial charge in [-0.05, 0) is 48.7 Å². The number of carbonyl (C=O) groups is 1. The predicted octanol–water partition coefficient (Wildman–Crippen LogP) is 1.82. The molecule has 1 atom stereocenters. The van der Waals surface area contributed by atoms with E-state index >= 15 is 0 Å². The van der Waals surface area contributed by atoms with Crippen LogP contribution in [0.15, 0.2) is 41.6 Å². The van der Waals surface area contributed by atoms with E-state index in [0.717, 1.165) is 11.1 Å². The Labute approximate surface area is 159 Å². The van der Waals surface area contributed by atoms with Crippen LogP contribution < -0.4 is 5.32 Å². The number of piperazine rings is 1. The van der Waals surface area contributed by atoms with Crippen LogP contribution >= 0.6 is 0 Å². The van der Waals surface area contributed by atoms with Crippen molar-refractivity contribution in [2.24, 2.45) is 0 Å². The summed E-state index contributed by atoms with van der Waals surface area (Å²) in [5, 5.41) is 3.24. The van der Waals surface area contributed by atoms with Crippen molar-refractivity contribution >= 4 is 16.0 Å². The molecule has 7 nitrogen and oxygen atoms in total. The van der Waals surface area contributed by atoms with Crippen LogP contribution in [0.3, 0.4) is 0 Å². The first kappa shape index (κ1) is 19.5. The summed E-state index contributed by atoms with van der Waals surface area (Å²) in [5.74, 6) is -0.557. The molecule has 27 heavy (non-hydrogen) atoms. The Bertz CT molecular complexity index is 945. The SMILES string of the molecule is COC(=O)c1cc(C)c(C)c(S(=O)(=O)N2CCNCC2c2cccnc2)c1. The quantitative estimate of drug-likeness (QED) is 0.803. The van der Waals surface area contributed by atoms with Crippen molar-refractivity contribution in [3.63, 3.8) is 0 Å². The Kier molecular flexibility index (Phi) is 5.59. The Morgan fingerprint density at radius 3 is 2.78 bits per heavy atom. The number of carbonyl (C=O) groups excluding carboxylic acids is 1. The van der Waals surface area contributed by atoms with Gasteiger partial charge in [-0.1, -0.05) is 6.07 Å². The zero-order valence-corrected chi connectivity index (χ0v) is 16.4. The highest BCUT2D eigenvalue weighted by atomic mass is 32.2. The molecular weight excluding hydrogens is 366 g/mol. The molecule has 3 rings (SSSR count). The number of esters is 1. The molecule has 2 heterocycles. The minimum atomic E-state index is -3.82. The van der Waals surface area contributed by atoms with E-state index in [2.05, 4.69) is 10.3 Å². The fourth-order valence-electron chi connectivity index (χ4n) is 3.29. The molecule has 2 aromatic rings. The van der Waals surface area contributed by atoms with E-state index < -0.39 is 16.0 Å². The molecular formula is C19H23N3O4S. The van der Waals surface area contributed by atoms with Crippen molar-refractivity contribution in [2.45, 2.75) is 24.8 Å².